The monoisotopic (exact) mass is 484 g/mol. The molecule has 2 atom stereocenters. The van der Waals surface area contributed by atoms with Gasteiger partial charge in [0, 0.05) is 29.6 Å². The molecule has 166 valence electrons. The fourth-order valence-electron chi connectivity index (χ4n) is 4.24. The van der Waals surface area contributed by atoms with Gasteiger partial charge in [0.2, 0.25) is 0 Å². The quantitative estimate of drug-likeness (QED) is 0.596. The van der Waals surface area contributed by atoms with Crippen LogP contribution in [0, 0.1) is 5.41 Å². The summed E-state index contributed by atoms with van der Waals surface area (Å²) in [5.74, 6) is 0.862. The van der Waals surface area contributed by atoms with Gasteiger partial charge in [0.15, 0.2) is 11.0 Å². The zero-order chi connectivity index (χ0) is 22.2. The summed E-state index contributed by atoms with van der Waals surface area (Å²) in [6, 6.07) is 1.52. The lowest BCUT2D eigenvalue weighted by Crippen LogP contribution is -2.54. The number of nitrogens with two attached hydrogens (primary N) is 1. The fraction of sp³-hybridized carbons (Fsp3) is 0.474. The van der Waals surface area contributed by atoms with Gasteiger partial charge in [-0.2, -0.15) is 0 Å². The first kappa shape index (κ1) is 22.2. The number of piperidine rings is 1. The number of hydrogen-bond acceptors (Lipinski definition) is 8. The number of aromatic nitrogens is 3. The molecular formula is C19H22Cl2N6O3S. The molecule has 0 radical (unpaired) electrons. The summed E-state index contributed by atoms with van der Waals surface area (Å²) in [5.41, 5.74) is 5.53. The molecule has 2 aromatic rings. The number of rotatable bonds is 4. The molecule has 9 nitrogen and oxygen atoms in total. The minimum atomic E-state index is -1.03. The maximum atomic E-state index is 11.2. The molecular weight excluding hydrogens is 463 g/mol. The minimum absolute atomic E-state index is 0.156. The first-order valence-electron chi connectivity index (χ1n) is 9.75. The van der Waals surface area contributed by atoms with E-state index in [-0.39, 0.29) is 23.4 Å². The normalized spacial score (nSPS) is 22.6. The standard InChI is InChI=1S/C19H22Cl2N6O3S/c1-10-14(26-18(28)29)19(9-30-10)3-6-27(7-4-19)17-15(21)25-12(8-24-17)31-11-2-5-23-16(22)13(11)20/h2,5,8,10,14,26H,3-4,6-7,9H2,1H3,(H2,22,23)(H,28,29)/t10-,14+/m0/s1. The Morgan fingerprint density at radius 3 is 2.81 bits per heavy atom. The molecule has 4 N–H and O–H groups in total. The van der Waals surface area contributed by atoms with Crippen molar-refractivity contribution in [1.82, 2.24) is 20.3 Å². The van der Waals surface area contributed by atoms with Crippen molar-refractivity contribution in [2.24, 2.45) is 5.41 Å². The highest BCUT2D eigenvalue weighted by molar-refractivity contribution is 7.99. The van der Waals surface area contributed by atoms with Crippen LogP contribution in [0.15, 0.2) is 28.4 Å². The van der Waals surface area contributed by atoms with Gasteiger partial charge in [0.1, 0.15) is 10.8 Å². The van der Waals surface area contributed by atoms with Gasteiger partial charge < -0.3 is 25.8 Å². The average molecular weight is 485 g/mol. The number of carbonyl (C=O) groups is 1. The van der Waals surface area contributed by atoms with E-state index in [1.54, 1.807) is 18.5 Å². The Bertz CT molecular complexity index is 989. The van der Waals surface area contributed by atoms with Crippen molar-refractivity contribution in [1.29, 1.82) is 0 Å². The molecule has 4 heterocycles. The van der Waals surface area contributed by atoms with E-state index in [1.165, 1.54) is 11.8 Å². The number of ether oxygens (including phenoxy) is 1. The maximum absolute atomic E-state index is 11.2. The van der Waals surface area contributed by atoms with Gasteiger partial charge >= 0.3 is 6.09 Å². The van der Waals surface area contributed by atoms with Gasteiger partial charge in [-0.1, -0.05) is 35.0 Å². The number of carboxylic acid groups (broad SMARTS) is 1. The highest BCUT2D eigenvalue weighted by Gasteiger charge is 2.50. The molecule has 12 heteroatoms. The summed E-state index contributed by atoms with van der Waals surface area (Å²) < 4.78 is 5.79. The van der Waals surface area contributed by atoms with Crippen molar-refractivity contribution in [2.45, 2.75) is 41.8 Å². The molecule has 2 aliphatic rings. The van der Waals surface area contributed by atoms with Crippen molar-refractivity contribution >= 4 is 52.7 Å². The zero-order valence-electron chi connectivity index (χ0n) is 16.7. The van der Waals surface area contributed by atoms with Gasteiger partial charge in [-0.25, -0.2) is 19.7 Å². The SMILES string of the molecule is C[C@@H]1OCC2(CCN(c3ncc(Sc4ccnc(N)c4Cl)nc3Cl)CC2)[C@@H]1NC(=O)O. The van der Waals surface area contributed by atoms with Crippen LogP contribution in [0.4, 0.5) is 16.4 Å². The molecule has 1 amide bonds. The van der Waals surface area contributed by atoms with Crippen molar-refractivity contribution in [2.75, 3.05) is 30.3 Å². The van der Waals surface area contributed by atoms with E-state index in [4.69, 9.17) is 33.7 Å². The van der Waals surface area contributed by atoms with Gasteiger partial charge in [-0.05, 0) is 25.8 Å². The van der Waals surface area contributed by atoms with Crippen LogP contribution < -0.4 is 16.0 Å². The average Bonchev–Trinajstić information content (AvgIpc) is 3.02. The summed E-state index contributed by atoms with van der Waals surface area (Å²) in [7, 11) is 0. The van der Waals surface area contributed by atoms with Crippen molar-refractivity contribution in [3.05, 3.63) is 28.6 Å². The van der Waals surface area contributed by atoms with Gasteiger partial charge in [-0.3, -0.25) is 0 Å². The van der Waals surface area contributed by atoms with Crippen molar-refractivity contribution in [3.63, 3.8) is 0 Å². The lowest BCUT2D eigenvalue weighted by Gasteiger charge is -2.42. The second-order valence-corrected chi connectivity index (χ2v) is 9.52. The van der Waals surface area contributed by atoms with Gasteiger partial charge in [-0.15, -0.1) is 0 Å². The van der Waals surface area contributed by atoms with Crippen LogP contribution in [0.25, 0.3) is 0 Å². The third-order valence-electron chi connectivity index (χ3n) is 5.89. The van der Waals surface area contributed by atoms with E-state index in [9.17, 15) is 9.90 Å². The van der Waals surface area contributed by atoms with E-state index in [0.29, 0.717) is 40.7 Å². The molecule has 2 fully saturated rings. The molecule has 0 saturated carbocycles. The molecule has 2 saturated heterocycles. The molecule has 2 aliphatic heterocycles. The van der Waals surface area contributed by atoms with E-state index >= 15 is 0 Å². The van der Waals surface area contributed by atoms with E-state index < -0.39 is 6.09 Å². The Morgan fingerprint density at radius 1 is 1.39 bits per heavy atom. The third kappa shape index (κ3) is 4.48. The number of nitrogens with one attached hydrogen (secondary N) is 1. The minimum Gasteiger partial charge on any atom is -0.465 e. The van der Waals surface area contributed by atoms with Crippen LogP contribution in [-0.2, 0) is 4.74 Å². The third-order valence-corrected chi connectivity index (χ3v) is 7.61. The molecule has 0 unspecified atom stereocenters. The Kier molecular flexibility index (Phi) is 6.34. The maximum Gasteiger partial charge on any atom is 0.404 e. The zero-order valence-corrected chi connectivity index (χ0v) is 19.0. The second-order valence-electron chi connectivity index (χ2n) is 7.73. The van der Waals surface area contributed by atoms with E-state index in [0.717, 1.165) is 17.7 Å². The van der Waals surface area contributed by atoms with Gasteiger partial charge in [0.25, 0.3) is 0 Å². The number of halogens is 2. The van der Waals surface area contributed by atoms with Crippen LogP contribution in [0.1, 0.15) is 19.8 Å². The Morgan fingerprint density at radius 2 is 2.13 bits per heavy atom. The summed E-state index contributed by atoms with van der Waals surface area (Å²) in [6.45, 7) is 3.81. The number of amides is 1. The van der Waals surface area contributed by atoms with E-state index in [1.807, 2.05) is 6.92 Å². The Balaban J connectivity index is 1.45. The largest absolute Gasteiger partial charge is 0.465 e. The molecule has 1 spiro atoms. The molecule has 0 bridgehead atoms. The number of anilines is 2. The summed E-state index contributed by atoms with van der Waals surface area (Å²) in [5, 5.41) is 13.1. The Labute approximate surface area is 193 Å². The number of nitrogens with zero attached hydrogens (tertiary/aromatic N) is 4. The van der Waals surface area contributed by atoms with Gasteiger partial charge in [0.05, 0.1) is 30.0 Å². The van der Waals surface area contributed by atoms with Crippen LogP contribution >= 0.6 is 35.0 Å². The lowest BCUT2D eigenvalue weighted by molar-refractivity contribution is 0.0970. The van der Waals surface area contributed by atoms with Crippen LogP contribution in [0.2, 0.25) is 10.2 Å². The topological polar surface area (TPSA) is 126 Å². The number of pyridine rings is 1. The molecule has 31 heavy (non-hydrogen) atoms. The van der Waals surface area contributed by atoms with Crippen LogP contribution in [0.3, 0.4) is 0 Å². The number of nitrogen functional groups attached to an aromatic ring is 1. The Hall–Kier alpha value is -2.01. The predicted molar refractivity (Wildman–Crippen MR) is 119 cm³/mol. The van der Waals surface area contributed by atoms with Crippen molar-refractivity contribution < 1.29 is 14.6 Å². The summed E-state index contributed by atoms with van der Waals surface area (Å²) in [6.07, 6.45) is 3.58. The molecule has 2 aromatic heterocycles. The summed E-state index contributed by atoms with van der Waals surface area (Å²) in [4.78, 5) is 27.0. The van der Waals surface area contributed by atoms with Crippen LogP contribution in [0.5, 0.6) is 0 Å². The second kappa shape index (κ2) is 8.85. The summed E-state index contributed by atoms with van der Waals surface area (Å²) >= 11 is 14.0. The van der Waals surface area contributed by atoms with Crippen molar-refractivity contribution in [3.8, 4) is 0 Å². The molecule has 0 aromatic carbocycles. The fourth-order valence-corrected chi connectivity index (χ4v) is 5.57. The van der Waals surface area contributed by atoms with E-state index in [2.05, 4.69) is 25.2 Å². The highest BCUT2D eigenvalue weighted by Crippen LogP contribution is 2.43. The highest BCUT2D eigenvalue weighted by atomic mass is 35.5. The molecule has 0 aliphatic carbocycles. The first-order chi connectivity index (χ1) is 14.8. The van der Waals surface area contributed by atoms with Crippen LogP contribution in [-0.4, -0.2) is 58.0 Å². The predicted octanol–water partition coefficient (Wildman–Crippen LogP) is 3.55. The molecule has 4 rings (SSSR count). The first-order valence-corrected chi connectivity index (χ1v) is 11.3. The number of hydrogen-bond donors (Lipinski definition) is 3. The lowest BCUT2D eigenvalue weighted by atomic mass is 9.73. The smallest absolute Gasteiger partial charge is 0.404 e.